The van der Waals surface area contributed by atoms with Crippen molar-refractivity contribution in [3.8, 4) is 0 Å². The summed E-state index contributed by atoms with van der Waals surface area (Å²) in [7, 11) is -19.2. The van der Waals surface area contributed by atoms with E-state index in [9.17, 15) is 53.4 Å². The number of aromatic nitrogens is 8. The van der Waals surface area contributed by atoms with Gasteiger partial charge in [-0.2, -0.15) is 0 Å². The molecule has 12 atom stereocenters. The molecule has 2 aliphatic heterocycles. The second-order valence-corrected chi connectivity index (χ2v) is 17.2. The fraction of sp³-hybridized carbons (Fsp3) is 0.500. The van der Waals surface area contributed by atoms with E-state index in [-0.39, 0.29) is 34.0 Å². The van der Waals surface area contributed by atoms with Crippen LogP contribution in [-0.4, -0.2) is 117 Å². The molecule has 2 fully saturated rings. The maximum atomic E-state index is 12.4. The average molecular weight is 827 g/mol. The summed E-state index contributed by atoms with van der Waals surface area (Å²) in [5.41, 5.74) is 11.8. The standard InChI is InChI=1S/C20H27BN10O18P4/c21-50(36,47-51(37,38)43-1-7-11(32)13(34)19(45-7)30-5-28-9-15(22)24-3-26-17(9)30)48-53(41,42)49-52(39,40)44-2-8-12(33)14(35)20(46-8)31-6-29-10-16(23)25-4-27-18(10)31/h3-8,11-14,19-20,32-35H,1-2H2,(H,37,38)(H,39,40)(H,41,42)(H2,22,24,26)(H2,23,25,27)/q-1/p-3/t7-,8-,11-,12-,13-,14-,19-,20-,50?/m1/s1. The Balaban J connectivity index is 1.01. The number of hydrogen-bond donors (Lipinski definition) is 6. The molecule has 0 bridgehead atoms. The van der Waals surface area contributed by atoms with Gasteiger partial charge in [-0.15, -0.1) is 0 Å². The van der Waals surface area contributed by atoms with E-state index in [4.69, 9.17) is 28.5 Å². The van der Waals surface area contributed by atoms with E-state index >= 15 is 0 Å². The van der Waals surface area contributed by atoms with E-state index in [2.05, 4.69) is 51.9 Å². The first-order valence-electron chi connectivity index (χ1n) is 14.3. The Bertz CT molecular complexity index is 2050. The smallest absolute Gasteiger partial charge is 0.279 e. The van der Waals surface area contributed by atoms with Gasteiger partial charge in [0.15, 0.2) is 35.4 Å². The summed E-state index contributed by atoms with van der Waals surface area (Å²) in [5.74, 6) is -0.0415. The van der Waals surface area contributed by atoms with Crippen molar-refractivity contribution < 1.29 is 84.8 Å². The normalized spacial score (nSPS) is 30.9. The molecule has 0 saturated carbocycles. The van der Waals surface area contributed by atoms with Crippen molar-refractivity contribution in [2.75, 3.05) is 24.7 Å². The van der Waals surface area contributed by atoms with Gasteiger partial charge in [0.25, 0.3) is 23.5 Å². The van der Waals surface area contributed by atoms with Crippen molar-refractivity contribution in [3.05, 3.63) is 25.3 Å². The lowest BCUT2D eigenvalue weighted by atomic mass is 10.1. The van der Waals surface area contributed by atoms with E-state index in [1.807, 2.05) is 0 Å². The minimum absolute atomic E-state index is 0.0186. The molecule has 0 spiro atoms. The van der Waals surface area contributed by atoms with Gasteiger partial charge < -0.3 is 77.2 Å². The zero-order valence-corrected chi connectivity index (χ0v) is 29.5. The van der Waals surface area contributed by atoms with E-state index in [1.165, 1.54) is 0 Å². The molecule has 8 N–H and O–H groups in total. The van der Waals surface area contributed by atoms with Crippen LogP contribution in [0.4, 0.5) is 11.6 Å². The Morgan fingerprint density at radius 2 is 1.06 bits per heavy atom. The van der Waals surface area contributed by atoms with Gasteiger partial charge in [-0.1, -0.05) is 0 Å². The number of phosphoric ester groups is 2. The number of phosphoric acid groups is 3. The number of anilines is 2. The molecule has 53 heavy (non-hydrogen) atoms. The maximum Gasteiger partial charge on any atom is 0.279 e. The van der Waals surface area contributed by atoms with Crippen LogP contribution >= 0.6 is 30.9 Å². The van der Waals surface area contributed by atoms with Gasteiger partial charge in [-0.3, -0.25) is 31.5 Å². The average Bonchev–Trinajstić information content (AvgIpc) is 3.80. The number of aliphatic hydroxyl groups excluding tert-OH is 4. The molecule has 28 nitrogen and oxygen atoms in total. The molecular weight excluding hydrogens is 803 g/mol. The van der Waals surface area contributed by atoms with Crippen LogP contribution in [0.1, 0.15) is 12.5 Å². The van der Waals surface area contributed by atoms with E-state index < -0.39 is 93.2 Å². The Kier molecular flexibility index (Phi) is 11.0. The van der Waals surface area contributed by atoms with Crippen LogP contribution in [0.2, 0.25) is 0 Å². The fourth-order valence-electron chi connectivity index (χ4n) is 5.11. The molecule has 2 aliphatic rings. The Morgan fingerprint density at radius 1 is 0.660 bits per heavy atom. The highest BCUT2D eigenvalue weighted by atomic mass is 31.3. The van der Waals surface area contributed by atoms with Crippen molar-refractivity contribution in [2.45, 2.75) is 49.1 Å². The highest BCUT2D eigenvalue weighted by molar-refractivity contribution is 7.87. The van der Waals surface area contributed by atoms with Gasteiger partial charge in [0.1, 0.15) is 60.3 Å². The lowest BCUT2D eigenvalue weighted by Gasteiger charge is -2.38. The summed E-state index contributed by atoms with van der Waals surface area (Å²) >= 11 is 0. The molecule has 6 rings (SSSR count). The number of rotatable bonds is 14. The van der Waals surface area contributed by atoms with Gasteiger partial charge in [0.05, 0.1) is 33.3 Å². The van der Waals surface area contributed by atoms with Crippen LogP contribution in [0.5, 0.6) is 0 Å². The van der Waals surface area contributed by atoms with Crippen LogP contribution in [0.25, 0.3) is 22.3 Å². The predicted molar refractivity (Wildman–Crippen MR) is 163 cm³/mol. The summed E-state index contributed by atoms with van der Waals surface area (Å²) in [6, 6.07) is 0. The fourth-order valence-corrected chi connectivity index (χ4v) is 10.1. The van der Waals surface area contributed by atoms with Gasteiger partial charge in [-0.05, 0) is 0 Å². The lowest BCUT2D eigenvalue weighted by Crippen LogP contribution is -2.34. The number of ether oxygens (including phenoxy) is 2. The topological polar surface area (TPSA) is 422 Å². The van der Waals surface area contributed by atoms with Crippen LogP contribution in [0.15, 0.2) is 25.3 Å². The van der Waals surface area contributed by atoms with Gasteiger partial charge in [0.2, 0.25) is 0 Å². The summed E-state index contributed by atoms with van der Waals surface area (Å²) in [6.07, 6.45) is -8.78. The Hall–Kier alpha value is -2.88. The number of fused-ring (bicyclic) bond motifs is 2. The Labute approximate surface area is 295 Å². The second-order valence-electron chi connectivity index (χ2n) is 11.0. The van der Waals surface area contributed by atoms with Crippen molar-refractivity contribution in [1.29, 1.82) is 0 Å². The zero-order chi connectivity index (χ0) is 38.7. The molecule has 4 unspecified atom stereocenters. The van der Waals surface area contributed by atoms with Crippen LogP contribution in [0, 0.1) is 0 Å². The van der Waals surface area contributed by atoms with E-state index in [0.29, 0.717) is 0 Å². The molecule has 0 aliphatic carbocycles. The number of aliphatic hydroxyl groups is 4. The third-order valence-electron chi connectivity index (χ3n) is 7.42. The number of nitrogens with two attached hydrogens (primary N) is 2. The molecule has 3 radical (unpaired) electrons. The van der Waals surface area contributed by atoms with Crippen LogP contribution < -0.4 is 26.1 Å². The molecule has 0 amide bonds. The second kappa shape index (κ2) is 14.7. The molecular formula is C20H24BN10O18P4-4. The lowest BCUT2D eigenvalue weighted by molar-refractivity contribution is -0.241. The van der Waals surface area contributed by atoms with Crippen LogP contribution in [-0.2, 0) is 49.7 Å². The molecule has 289 valence electrons. The zero-order valence-electron chi connectivity index (χ0n) is 25.9. The summed E-state index contributed by atoms with van der Waals surface area (Å²) in [5, 5.41) is 41.7. The molecule has 33 heteroatoms. The van der Waals surface area contributed by atoms with E-state index in [0.717, 1.165) is 34.4 Å². The highest BCUT2D eigenvalue weighted by Crippen LogP contribution is 2.68. The van der Waals surface area contributed by atoms with Gasteiger partial charge in [-0.25, -0.2) is 34.2 Å². The largest absolute Gasteiger partial charge is 0.756 e. The third kappa shape index (κ3) is 8.52. The first-order chi connectivity index (χ1) is 24.7. The minimum Gasteiger partial charge on any atom is -0.756 e. The quantitative estimate of drug-likeness (QED) is 0.0519. The summed E-state index contributed by atoms with van der Waals surface area (Å²) in [6.45, 7) is -2.32. The van der Waals surface area contributed by atoms with Crippen molar-refractivity contribution >= 4 is 72.5 Å². The molecule has 4 aromatic heterocycles. The van der Waals surface area contributed by atoms with Crippen molar-refractivity contribution in [3.63, 3.8) is 0 Å². The monoisotopic (exact) mass is 827 g/mol. The maximum absolute atomic E-state index is 12.4. The number of nitrogen functional groups attached to an aromatic ring is 2. The van der Waals surface area contributed by atoms with Gasteiger partial charge >= 0.3 is 0 Å². The van der Waals surface area contributed by atoms with Crippen molar-refractivity contribution in [1.82, 2.24) is 39.0 Å². The molecule has 4 aromatic rings. The van der Waals surface area contributed by atoms with Crippen LogP contribution in [0.3, 0.4) is 0 Å². The van der Waals surface area contributed by atoms with Gasteiger partial charge in [0, 0.05) is 0 Å². The first kappa shape index (κ1) is 39.8. The number of nitrogens with zero attached hydrogens (tertiary/aromatic N) is 8. The molecule has 6 heterocycles. The first-order valence-corrected chi connectivity index (χ1v) is 20.3. The molecule has 2 saturated heterocycles. The Morgan fingerprint density at radius 3 is 1.49 bits per heavy atom. The number of hydrogen-bond acceptors (Lipinski definition) is 26. The number of imidazole rings is 2. The summed E-state index contributed by atoms with van der Waals surface area (Å²) in [4.78, 5) is 60.2. The predicted octanol–water partition coefficient (Wildman–Crippen LogP) is -4.17. The van der Waals surface area contributed by atoms with Crippen molar-refractivity contribution in [2.24, 2.45) is 0 Å². The highest BCUT2D eigenvalue weighted by Gasteiger charge is 2.46. The van der Waals surface area contributed by atoms with E-state index in [1.54, 1.807) is 0 Å². The SMILES string of the molecule is [B-]P(=O)(OP(=O)([O-])OC[C@H]1O[C@@H](n2cnc3c(N)ncnc32)[C@H](O)[C@@H]1O)OP(=O)([O-])OP(=O)([O-])OC[C@H]1O[C@@H](n2cnc3c(N)ncnc32)[C@H](O)[C@@H]1O. The third-order valence-corrected chi connectivity index (χ3v) is 13.4. The molecule has 0 aromatic carbocycles. The minimum atomic E-state index is -6.41. The summed E-state index contributed by atoms with van der Waals surface area (Å²) < 4.78 is 83.0.